The highest BCUT2D eigenvalue weighted by molar-refractivity contribution is 5.76. The first-order valence-corrected chi connectivity index (χ1v) is 26.1. The molecule has 1 amide bonds. The largest absolute Gasteiger partial charge is 0.465 e. The molecule has 6 heteroatoms. The summed E-state index contributed by atoms with van der Waals surface area (Å²) in [5, 5.41) is 23.1. The van der Waals surface area contributed by atoms with Gasteiger partial charge in [-0.1, -0.05) is 244 Å². The number of ether oxygens (including phenoxy) is 1. The van der Waals surface area contributed by atoms with Crippen LogP contribution in [0.1, 0.15) is 277 Å². The van der Waals surface area contributed by atoms with Crippen LogP contribution in [0.3, 0.4) is 0 Å². The molecule has 0 bridgehead atoms. The summed E-state index contributed by atoms with van der Waals surface area (Å²) in [4.78, 5) is 24.3. The molecule has 0 aliphatic heterocycles. The van der Waals surface area contributed by atoms with Gasteiger partial charge in [0.15, 0.2) is 0 Å². The van der Waals surface area contributed by atoms with Crippen molar-refractivity contribution in [2.75, 3.05) is 13.2 Å². The van der Waals surface area contributed by atoms with Gasteiger partial charge in [-0.15, -0.1) is 0 Å². The molecule has 0 aromatic heterocycles. The van der Waals surface area contributed by atoms with Gasteiger partial charge in [-0.25, -0.2) is 0 Å². The van der Waals surface area contributed by atoms with Crippen LogP contribution in [0, 0.1) is 0 Å². The van der Waals surface area contributed by atoms with Crippen LogP contribution in [0.15, 0.2) is 24.3 Å². The maximum absolute atomic E-state index is 12.4. The molecular weight excluding hydrogens is 731 g/mol. The summed E-state index contributed by atoms with van der Waals surface area (Å²) in [6.45, 7) is 4.82. The molecule has 0 radical (unpaired) electrons. The second kappa shape index (κ2) is 49.0. The van der Waals surface area contributed by atoms with Crippen molar-refractivity contribution in [1.29, 1.82) is 0 Å². The molecular formula is C53H101NO5. The zero-order valence-electron chi connectivity index (χ0n) is 39.5. The second-order valence-corrected chi connectivity index (χ2v) is 17.9. The maximum atomic E-state index is 12.4. The Balaban J connectivity index is 3.44. The van der Waals surface area contributed by atoms with Crippen LogP contribution in [0.5, 0.6) is 0 Å². The lowest BCUT2D eigenvalue weighted by Gasteiger charge is -2.22. The standard InChI is InChI=1S/C53H101NO5/c1-3-5-7-9-11-13-26-31-35-39-43-47-53(58)59-48-44-40-36-32-28-25-23-21-19-17-15-16-18-20-22-24-27-30-34-38-42-46-52(57)54-50(49-55)51(56)45-41-37-33-29-14-12-10-8-6-4-2/h25,28,36,40,50-51,55-56H,3-24,26-27,29-35,37-39,41-49H2,1-2H3,(H,54,57)/b28-25-,40-36-. The van der Waals surface area contributed by atoms with Crippen LogP contribution in [0.4, 0.5) is 0 Å². The number of unbranched alkanes of at least 4 members (excludes halogenated alkanes) is 33. The van der Waals surface area contributed by atoms with Crippen molar-refractivity contribution in [1.82, 2.24) is 5.32 Å². The van der Waals surface area contributed by atoms with Crippen molar-refractivity contribution >= 4 is 11.9 Å². The minimum Gasteiger partial charge on any atom is -0.465 e. The third kappa shape index (κ3) is 45.7. The molecule has 0 aromatic carbocycles. The van der Waals surface area contributed by atoms with Crippen molar-refractivity contribution in [2.24, 2.45) is 0 Å². The molecule has 0 aliphatic rings. The smallest absolute Gasteiger partial charge is 0.305 e. The molecule has 0 spiro atoms. The fourth-order valence-electron chi connectivity index (χ4n) is 8.01. The normalized spacial score (nSPS) is 12.8. The first kappa shape index (κ1) is 57.3. The van der Waals surface area contributed by atoms with Crippen molar-refractivity contribution in [3.63, 3.8) is 0 Å². The monoisotopic (exact) mass is 832 g/mol. The van der Waals surface area contributed by atoms with E-state index in [2.05, 4.69) is 43.5 Å². The average molecular weight is 832 g/mol. The van der Waals surface area contributed by atoms with E-state index in [9.17, 15) is 19.8 Å². The fourth-order valence-corrected chi connectivity index (χ4v) is 8.01. The third-order valence-corrected chi connectivity index (χ3v) is 12.0. The van der Waals surface area contributed by atoms with Crippen LogP contribution in [-0.2, 0) is 14.3 Å². The molecule has 3 N–H and O–H groups in total. The Kier molecular flexibility index (Phi) is 47.6. The molecule has 6 nitrogen and oxygen atoms in total. The number of nitrogens with one attached hydrogen (secondary N) is 1. The Morgan fingerprint density at radius 2 is 0.847 bits per heavy atom. The zero-order chi connectivity index (χ0) is 43.0. The Bertz CT molecular complexity index is 920. The van der Waals surface area contributed by atoms with E-state index in [4.69, 9.17) is 4.74 Å². The molecule has 0 saturated heterocycles. The second-order valence-electron chi connectivity index (χ2n) is 17.9. The summed E-state index contributed by atoms with van der Waals surface area (Å²) in [6.07, 6.45) is 57.5. The Hall–Kier alpha value is -1.66. The first-order valence-electron chi connectivity index (χ1n) is 26.1. The third-order valence-electron chi connectivity index (χ3n) is 12.0. The number of carbonyl (C=O) groups is 2. The lowest BCUT2D eigenvalue weighted by Crippen LogP contribution is -2.45. The number of hydrogen-bond acceptors (Lipinski definition) is 5. The highest BCUT2D eigenvalue weighted by Gasteiger charge is 2.20. The van der Waals surface area contributed by atoms with Crippen LogP contribution in [0.25, 0.3) is 0 Å². The SMILES string of the molecule is CCCCCCCCCCCCCC(=O)OCC/C=C\C/C=C\CCCCCCCCCCCCCCCCC(=O)NC(CO)C(O)CCCCCCCCCCCC. The van der Waals surface area contributed by atoms with Crippen molar-refractivity contribution in [2.45, 2.75) is 289 Å². The van der Waals surface area contributed by atoms with E-state index in [1.54, 1.807) is 0 Å². The Morgan fingerprint density at radius 3 is 1.29 bits per heavy atom. The molecule has 2 unspecified atom stereocenters. The summed E-state index contributed by atoms with van der Waals surface area (Å²) in [5.74, 6) is -0.0773. The molecule has 0 saturated carbocycles. The van der Waals surface area contributed by atoms with Gasteiger partial charge in [0.1, 0.15) is 0 Å². The number of amides is 1. The van der Waals surface area contributed by atoms with E-state index < -0.39 is 12.1 Å². The number of aliphatic hydroxyl groups excluding tert-OH is 2. The fraction of sp³-hybridized carbons (Fsp3) is 0.887. The van der Waals surface area contributed by atoms with Gasteiger partial charge in [0, 0.05) is 12.8 Å². The van der Waals surface area contributed by atoms with E-state index in [0.29, 0.717) is 25.9 Å². The molecule has 348 valence electrons. The van der Waals surface area contributed by atoms with Gasteiger partial charge in [0.05, 0.1) is 25.4 Å². The topological polar surface area (TPSA) is 95.9 Å². The van der Waals surface area contributed by atoms with Gasteiger partial charge < -0.3 is 20.3 Å². The summed E-state index contributed by atoms with van der Waals surface area (Å²) >= 11 is 0. The van der Waals surface area contributed by atoms with E-state index in [-0.39, 0.29) is 18.5 Å². The molecule has 2 atom stereocenters. The lowest BCUT2D eigenvalue weighted by atomic mass is 10.0. The average Bonchev–Trinajstić information content (AvgIpc) is 3.24. The zero-order valence-corrected chi connectivity index (χ0v) is 39.5. The number of aliphatic hydroxyl groups is 2. The van der Waals surface area contributed by atoms with E-state index in [1.807, 2.05) is 0 Å². The minimum atomic E-state index is -0.665. The van der Waals surface area contributed by atoms with Crippen LogP contribution < -0.4 is 5.32 Å². The number of esters is 1. The predicted molar refractivity (Wildman–Crippen MR) is 255 cm³/mol. The number of allylic oxidation sites excluding steroid dienone is 3. The first-order chi connectivity index (χ1) is 29.0. The highest BCUT2D eigenvalue weighted by atomic mass is 16.5. The van der Waals surface area contributed by atoms with Crippen molar-refractivity contribution < 1.29 is 24.5 Å². The minimum absolute atomic E-state index is 0.0359. The molecule has 0 rings (SSSR count). The summed E-state index contributed by atoms with van der Waals surface area (Å²) < 4.78 is 5.39. The van der Waals surface area contributed by atoms with E-state index in [1.165, 1.54) is 193 Å². The van der Waals surface area contributed by atoms with E-state index >= 15 is 0 Å². The van der Waals surface area contributed by atoms with Crippen molar-refractivity contribution in [3.05, 3.63) is 24.3 Å². The molecule has 0 fully saturated rings. The quantitative estimate of drug-likeness (QED) is 0.0322. The van der Waals surface area contributed by atoms with Crippen LogP contribution >= 0.6 is 0 Å². The predicted octanol–water partition coefficient (Wildman–Crippen LogP) is 15.5. The molecule has 0 aliphatic carbocycles. The number of carbonyl (C=O) groups excluding carboxylic acids is 2. The van der Waals surface area contributed by atoms with Gasteiger partial charge in [-0.2, -0.15) is 0 Å². The Morgan fingerprint density at radius 1 is 0.475 bits per heavy atom. The lowest BCUT2D eigenvalue weighted by molar-refractivity contribution is -0.143. The summed E-state index contributed by atoms with van der Waals surface area (Å²) in [6, 6.07) is -0.543. The van der Waals surface area contributed by atoms with E-state index in [0.717, 1.165) is 51.4 Å². The molecule has 59 heavy (non-hydrogen) atoms. The molecule has 0 heterocycles. The number of rotatable bonds is 48. The maximum Gasteiger partial charge on any atom is 0.305 e. The van der Waals surface area contributed by atoms with Gasteiger partial charge in [0.2, 0.25) is 5.91 Å². The number of hydrogen-bond donors (Lipinski definition) is 3. The van der Waals surface area contributed by atoms with Crippen molar-refractivity contribution in [3.8, 4) is 0 Å². The highest BCUT2D eigenvalue weighted by Crippen LogP contribution is 2.16. The molecule has 0 aromatic rings. The van der Waals surface area contributed by atoms with Gasteiger partial charge in [0.25, 0.3) is 0 Å². The van der Waals surface area contributed by atoms with Gasteiger partial charge in [-0.05, 0) is 44.9 Å². The van der Waals surface area contributed by atoms with Crippen LogP contribution in [-0.4, -0.2) is 47.4 Å². The van der Waals surface area contributed by atoms with Gasteiger partial charge >= 0.3 is 5.97 Å². The summed E-state index contributed by atoms with van der Waals surface area (Å²) in [7, 11) is 0. The summed E-state index contributed by atoms with van der Waals surface area (Å²) in [5.41, 5.74) is 0. The van der Waals surface area contributed by atoms with Gasteiger partial charge in [-0.3, -0.25) is 9.59 Å². The Labute approximate surface area is 367 Å². The van der Waals surface area contributed by atoms with Crippen LogP contribution in [0.2, 0.25) is 0 Å².